The van der Waals surface area contributed by atoms with Crippen molar-refractivity contribution in [3.8, 4) is 0 Å². The van der Waals surface area contributed by atoms with Crippen LogP contribution in [0.2, 0.25) is 0 Å². The molecule has 0 saturated heterocycles. The summed E-state index contributed by atoms with van der Waals surface area (Å²) in [5.41, 5.74) is 0.548. The van der Waals surface area contributed by atoms with Gasteiger partial charge in [0.25, 0.3) is 0 Å². The van der Waals surface area contributed by atoms with Crippen LogP contribution in [0.1, 0.15) is 52.4 Å². The smallest absolute Gasteiger partial charge is 0.410 e. The van der Waals surface area contributed by atoms with Gasteiger partial charge in [-0.25, -0.2) is 9.59 Å². The minimum atomic E-state index is -0.642. The molecule has 1 amide bonds. The summed E-state index contributed by atoms with van der Waals surface area (Å²) in [5, 5.41) is 2.78. The van der Waals surface area contributed by atoms with Gasteiger partial charge in [0.1, 0.15) is 0 Å². The van der Waals surface area contributed by atoms with Gasteiger partial charge in [-0.05, 0) is 25.2 Å². The fraction of sp³-hybridized carbons (Fsp3) is 0.778. The van der Waals surface area contributed by atoms with Crippen molar-refractivity contribution in [1.82, 2.24) is 5.32 Å². The van der Waals surface area contributed by atoms with E-state index in [2.05, 4.69) is 19.2 Å². The van der Waals surface area contributed by atoms with Gasteiger partial charge in [-0.1, -0.05) is 33.1 Å². The summed E-state index contributed by atoms with van der Waals surface area (Å²) in [5.74, 6) is -0.0119. The Bertz CT molecular complexity index is 476. The number of ether oxygens (including phenoxy) is 3. The standard InChI is InChI=1S/C18H29NO5/c1-4-5-6-7-10-19-18(21)24-17-15-12(2)8-9-13(15)14(11-23-17)16(20)22-3/h11-13,15,17H,4-10H2,1-3H3,(H,19,21). The van der Waals surface area contributed by atoms with Gasteiger partial charge in [0, 0.05) is 18.4 Å². The number of esters is 1. The van der Waals surface area contributed by atoms with Crippen molar-refractivity contribution in [2.24, 2.45) is 17.8 Å². The molecule has 0 radical (unpaired) electrons. The molecular formula is C18H29NO5. The van der Waals surface area contributed by atoms with Gasteiger partial charge in [-0.3, -0.25) is 0 Å². The summed E-state index contributed by atoms with van der Waals surface area (Å²) in [6.07, 6.45) is 6.55. The number of unbranched alkanes of at least 4 members (excludes halogenated alkanes) is 3. The quantitative estimate of drug-likeness (QED) is 0.568. The number of carbonyl (C=O) groups is 2. The monoisotopic (exact) mass is 339 g/mol. The van der Waals surface area contributed by atoms with Crippen molar-refractivity contribution in [3.05, 3.63) is 11.8 Å². The first-order valence-electron chi connectivity index (χ1n) is 8.96. The Morgan fingerprint density at radius 3 is 2.79 bits per heavy atom. The van der Waals surface area contributed by atoms with E-state index >= 15 is 0 Å². The molecule has 2 rings (SSSR count). The normalized spacial score (nSPS) is 28.4. The highest BCUT2D eigenvalue weighted by Crippen LogP contribution is 2.46. The Hall–Kier alpha value is -1.72. The number of alkyl carbamates (subject to hydrolysis) is 1. The number of methoxy groups -OCH3 is 1. The molecule has 0 aromatic rings. The van der Waals surface area contributed by atoms with Crippen LogP contribution in [-0.2, 0) is 19.0 Å². The first kappa shape index (κ1) is 18.6. The van der Waals surface area contributed by atoms with E-state index in [0.717, 1.165) is 32.1 Å². The predicted octanol–water partition coefficient (Wildman–Crippen LogP) is 3.37. The van der Waals surface area contributed by atoms with Gasteiger partial charge in [0.05, 0.1) is 18.9 Å². The SMILES string of the molecule is CCCCCCNC(=O)OC1OC=C(C(=O)OC)C2CCC(C)C12. The highest BCUT2D eigenvalue weighted by Gasteiger charge is 2.47. The number of amides is 1. The third kappa shape index (κ3) is 4.42. The van der Waals surface area contributed by atoms with Gasteiger partial charge in [-0.15, -0.1) is 0 Å². The van der Waals surface area contributed by atoms with Crippen molar-refractivity contribution in [2.45, 2.75) is 58.7 Å². The summed E-state index contributed by atoms with van der Waals surface area (Å²) in [7, 11) is 1.37. The molecule has 1 N–H and O–H groups in total. The molecule has 1 saturated carbocycles. The molecule has 4 unspecified atom stereocenters. The lowest BCUT2D eigenvalue weighted by molar-refractivity contribution is -0.145. The zero-order valence-corrected chi connectivity index (χ0v) is 14.9. The number of hydrogen-bond donors (Lipinski definition) is 1. The molecule has 2 aliphatic rings. The first-order chi connectivity index (χ1) is 11.6. The average Bonchev–Trinajstić information content (AvgIpc) is 2.97. The molecule has 4 atom stereocenters. The lowest BCUT2D eigenvalue weighted by Gasteiger charge is -2.34. The number of nitrogens with one attached hydrogen (secondary N) is 1. The molecule has 24 heavy (non-hydrogen) atoms. The van der Waals surface area contributed by atoms with Gasteiger partial charge in [-0.2, -0.15) is 0 Å². The Morgan fingerprint density at radius 2 is 2.08 bits per heavy atom. The number of carbonyl (C=O) groups excluding carboxylic acids is 2. The Balaban J connectivity index is 1.90. The van der Waals surface area contributed by atoms with Crippen LogP contribution in [0.15, 0.2) is 11.8 Å². The van der Waals surface area contributed by atoms with E-state index < -0.39 is 12.4 Å². The third-order valence-electron chi connectivity index (χ3n) is 5.04. The Morgan fingerprint density at radius 1 is 1.29 bits per heavy atom. The second-order valence-corrected chi connectivity index (χ2v) is 6.70. The van der Waals surface area contributed by atoms with E-state index in [1.54, 1.807) is 0 Å². The summed E-state index contributed by atoms with van der Waals surface area (Å²) >= 11 is 0. The zero-order chi connectivity index (χ0) is 17.5. The van der Waals surface area contributed by atoms with E-state index in [0.29, 0.717) is 18.0 Å². The summed E-state index contributed by atoms with van der Waals surface area (Å²) in [4.78, 5) is 23.9. The summed E-state index contributed by atoms with van der Waals surface area (Å²) < 4.78 is 15.9. The fourth-order valence-corrected chi connectivity index (χ4v) is 3.68. The van der Waals surface area contributed by atoms with E-state index in [4.69, 9.17) is 14.2 Å². The molecule has 0 spiro atoms. The molecule has 1 fully saturated rings. The van der Waals surface area contributed by atoms with Crippen LogP contribution in [0.3, 0.4) is 0 Å². The van der Waals surface area contributed by atoms with Crippen LogP contribution in [0, 0.1) is 17.8 Å². The number of rotatable bonds is 7. The van der Waals surface area contributed by atoms with Crippen LogP contribution >= 0.6 is 0 Å². The molecule has 0 aromatic carbocycles. The minimum absolute atomic E-state index is 0.00468. The maximum Gasteiger partial charge on any atom is 0.410 e. The van der Waals surface area contributed by atoms with E-state index in [-0.39, 0.29) is 17.8 Å². The molecule has 1 aliphatic carbocycles. The third-order valence-corrected chi connectivity index (χ3v) is 5.04. The van der Waals surface area contributed by atoms with E-state index in [1.165, 1.54) is 19.8 Å². The fourth-order valence-electron chi connectivity index (χ4n) is 3.68. The molecule has 0 aromatic heterocycles. The Kier molecular flexibility index (Phi) is 6.94. The first-order valence-corrected chi connectivity index (χ1v) is 8.96. The lowest BCUT2D eigenvalue weighted by Crippen LogP contribution is -2.41. The molecule has 1 aliphatic heterocycles. The average molecular weight is 339 g/mol. The van der Waals surface area contributed by atoms with Crippen LogP contribution < -0.4 is 5.32 Å². The maximum absolute atomic E-state index is 12.0. The topological polar surface area (TPSA) is 73.9 Å². The highest BCUT2D eigenvalue weighted by molar-refractivity contribution is 5.89. The second kappa shape index (κ2) is 8.94. The predicted molar refractivity (Wildman–Crippen MR) is 89.0 cm³/mol. The highest BCUT2D eigenvalue weighted by atomic mass is 16.7. The van der Waals surface area contributed by atoms with Gasteiger partial charge in [0.15, 0.2) is 0 Å². The largest absolute Gasteiger partial charge is 0.466 e. The Labute approximate surface area is 143 Å². The number of fused-ring (bicyclic) bond motifs is 1. The van der Waals surface area contributed by atoms with Crippen LogP contribution in [0.25, 0.3) is 0 Å². The maximum atomic E-state index is 12.0. The molecule has 1 heterocycles. The zero-order valence-electron chi connectivity index (χ0n) is 14.9. The van der Waals surface area contributed by atoms with E-state index in [9.17, 15) is 9.59 Å². The van der Waals surface area contributed by atoms with Crippen molar-refractivity contribution < 1.29 is 23.8 Å². The van der Waals surface area contributed by atoms with Crippen LogP contribution in [0.5, 0.6) is 0 Å². The van der Waals surface area contributed by atoms with Crippen molar-refractivity contribution in [1.29, 1.82) is 0 Å². The minimum Gasteiger partial charge on any atom is -0.466 e. The van der Waals surface area contributed by atoms with Crippen LogP contribution in [-0.4, -0.2) is 32.0 Å². The lowest BCUT2D eigenvalue weighted by atomic mass is 9.83. The second-order valence-electron chi connectivity index (χ2n) is 6.70. The van der Waals surface area contributed by atoms with Gasteiger partial charge in [0.2, 0.25) is 6.29 Å². The van der Waals surface area contributed by atoms with Crippen LogP contribution in [0.4, 0.5) is 4.79 Å². The molecular weight excluding hydrogens is 310 g/mol. The molecule has 6 nitrogen and oxygen atoms in total. The van der Waals surface area contributed by atoms with Crippen molar-refractivity contribution in [3.63, 3.8) is 0 Å². The van der Waals surface area contributed by atoms with E-state index in [1.807, 2.05) is 0 Å². The molecule has 0 bridgehead atoms. The number of hydrogen-bond acceptors (Lipinski definition) is 5. The van der Waals surface area contributed by atoms with Gasteiger partial charge >= 0.3 is 12.1 Å². The molecule has 136 valence electrons. The summed E-state index contributed by atoms with van der Waals surface area (Å²) in [6, 6.07) is 0. The summed E-state index contributed by atoms with van der Waals surface area (Å²) in [6.45, 7) is 4.86. The molecule has 6 heteroatoms. The van der Waals surface area contributed by atoms with Crippen molar-refractivity contribution >= 4 is 12.1 Å². The van der Waals surface area contributed by atoms with Gasteiger partial charge < -0.3 is 19.5 Å². The van der Waals surface area contributed by atoms with Crippen molar-refractivity contribution in [2.75, 3.05) is 13.7 Å².